The fraction of sp³-hybridized carbons (Fsp3) is 0.231. The molecule has 2 aromatic rings. The minimum atomic E-state index is -0.180. The zero-order valence-corrected chi connectivity index (χ0v) is 14.2. The van der Waals surface area contributed by atoms with Gasteiger partial charge in [0.15, 0.2) is 0 Å². The van der Waals surface area contributed by atoms with Crippen LogP contribution in [0, 0.1) is 5.92 Å². The molecule has 0 amide bonds. The van der Waals surface area contributed by atoms with Gasteiger partial charge in [-0.2, -0.15) is 0 Å². The van der Waals surface area contributed by atoms with Crippen LogP contribution in [0.1, 0.15) is 6.92 Å². The van der Waals surface area contributed by atoms with Gasteiger partial charge in [-0.15, -0.1) is 0 Å². The summed E-state index contributed by atoms with van der Waals surface area (Å²) in [7, 11) is 0. The summed E-state index contributed by atoms with van der Waals surface area (Å²) < 4.78 is 5.26. The molecule has 1 aromatic carbocycles. The predicted molar refractivity (Wildman–Crippen MR) is 71.3 cm³/mol. The minimum absolute atomic E-state index is 0.0109. The van der Waals surface area contributed by atoms with Crippen molar-refractivity contribution in [3.05, 3.63) is 36.4 Å². The van der Waals surface area contributed by atoms with Crippen LogP contribution < -0.4 is 4.74 Å². The molecule has 0 spiro atoms. The van der Waals surface area contributed by atoms with E-state index in [4.69, 9.17) is 4.74 Å². The van der Waals surface area contributed by atoms with Crippen molar-refractivity contribution in [3.63, 3.8) is 0 Å². The Labute approximate surface area is 108 Å². The van der Waals surface area contributed by atoms with Gasteiger partial charge in [-0.3, -0.25) is 0 Å². The molecule has 4 heteroatoms. The van der Waals surface area contributed by atoms with E-state index in [2.05, 4.69) is 4.98 Å². The number of esters is 1. The van der Waals surface area contributed by atoms with E-state index in [1.807, 2.05) is 37.3 Å². The molecule has 0 bridgehead atoms. The van der Waals surface area contributed by atoms with Gasteiger partial charge in [0.05, 0.1) is 0 Å². The number of ether oxygens (including phenoxy) is 1. The predicted octanol–water partition coefficient (Wildman–Crippen LogP) is 1.56. The summed E-state index contributed by atoms with van der Waals surface area (Å²) in [5.41, 5.74) is 0.847. The molecule has 17 heavy (non-hydrogen) atoms. The number of hydrogen-bond acceptors (Lipinski definition) is 3. The van der Waals surface area contributed by atoms with E-state index in [-0.39, 0.29) is 11.9 Å². The quantitative estimate of drug-likeness (QED) is 0.636. The molecule has 0 fully saturated rings. The second-order valence-corrected chi connectivity index (χ2v) is 5.79. The number of fused-ring (bicyclic) bond motifs is 1. The molecule has 0 aliphatic heterocycles. The van der Waals surface area contributed by atoms with Crippen LogP contribution in [0.4, 0.5) is 0 Å². The van der Waals surface area contributed by atoms with Crippen molar-refractivity contribution in [2.45, 2.75) is 12.2 Å². The Balaban J connectivity index is 2.22. The number of aromatic nitrogens is 1. The maximum absolute atomic E-state index is 11.6. The number of rotatable bonds is 3. The molecule has 0 saturated heterocycles. The van der Waals surface area contributed by atoms with Crippen LogP contribution in [-0.4, -0.2) is 27.5 Å². The molecule has 0 aliphatic rings. The Morgan fingerprint density at radius 1 is 1.35 bits per heavy atom. The molecule has 1 unspecified atom stereocenters. The molecule has 1 heterocycles. The Morgan fingerprint density at radius 3 is 2.88 bits per heavy atom. The van der Waals surface area contributed by atoms with Crippen LogP contribution in [0.15, 0.2) is 36.4 Å². The second kappa shape index (κ2) is 5.32. The second-order valence-electron chi connectivity index (χ2n) is 4.07. The molecule has 3 nitrogen and oxygen atoms in total. The standard InChI is InChI=1S/C13H15GeNO2/c1-9(8-14)13(16)17-12-7-6-10-4-2-3-5-11(10)15-12/h2-7,9H,8H2,1,14H3. The molecule has 0 aliphatic carbocycles. The van der Waals surface area contributed by atoms with E-state index >= 15 is 0 Å². The summed E-state index contributed by atoms with van der Waals surface area (Å²) in [6, 6.07) is 11.4. The first-order valence-corrected chi connectivity index (χ1v) is 8.75. The zero-order chi connectivity index (χ0) is 12.3. The first-order valence-electron chi connectivity index (χ1n) is 5.78. The Bertz CT molecular complexity index is 542. The fourth-order valence-electron chi connectivity index (χ4n) is 1.47. The van der Waals surface area contributed by atoms with Crippen LogP contribution in [0.25, 0.3) is 10.9 Å². The summed E-state index contributed by atoms with van der Waals surface area (Å²) in [6.45, 7) is 1.90. The molecule has 1 atom stereocenters. The fourth-order valence-corrected chi connectivity index (χ4v) is 2.17. The van der Waals surface area contributed by atoms with Crippen LogP contribution in [-0.2, 0) is 4.79 Å². The van der Waals surface area contributed by atoms with Crippen LogP contribution in [0.2, 0.25) is 5.25 Å². The molecule has 0 radical (unpaired) electrons. The van der Waals surface area contributed by atoms with Crippen LogP contribution in [0.3, 0.4) is 0 Å². The SMILES string of the molecule is CC([CH2][GeH3])C(=O)Oc1ccc2ccccc2n1. The number of carbonyl (C=O) groups excluding carboxylic acids is 1. The van der Waals surface area contributed by atoms with Gasteiger partial charge in [-0.05, 0) is 0 Å². The van der Waals surface area contributed by atoms with E-state index < -0.39 is 0 Å². The summed E-state index contributed by atoms with van der Waals surface area (Å²) in [5, 5.41) is 2.00. The molecule has 0 N–H and O–H groups in total. The average molecular weight is 290 g/mol. The first-order chi connectivity index (χ1) is 8.20. The van der Waals surface area contributed by atoms with Crippen molar-refractivity contribution in [2.75, 3.05) is 0 Å². The first kappa shape index (κ1) is 12.1. The van der Waals surface area contributed by atoms with Gasteiger partial charge in [0, 0.05) is 0 Å². The number of hydrogen-bond donors (Lipinski definition) is 0. The number of benzene rings is 1. The Morgan fingerprint density at radius 2 is 2.12 bits per heavy atom. The van der Waals surface area contributed by atoms with Crippen molar-refractivity contribution in [1.29, 1.82) is 0 Å². The van der Waals surface area contributed by atoms with Gasteiger partial charge in [-0.25, -0.2) is 0 Å². The molecular formula is C13H15GeNO2. The van der Waals surface area contributed by atoms with E-state index in [1.54, 1.807) is 6.07 Å². The van der Waals surface area contributed by atoms with E-state index in [9.17, 15) is 4.79 Å². The van der Waals surface area contributed by atoms with E-state index in [0.29, 0.717) is 22.4 Å². The number of nitrogens with zero attached hydrogens (tertiary/aromatic N) is 1. The van der Waals surface area contributed by atoms with Gasteiger partial charge >= 0.3 is 108 Å². The van der Waals surface area contributed by atoms with Crippen molar-refractivity contribution < 1.29 is 9.53 Å². The number of pyridine rings is 1. The third kappa shape index (κ3) is 2.85. The van der Waals surface area contributed by atoms with Gasteiger partial charge in [-0.1, -0.05) is 0 Å². The van der Waals surface area contributed by atoms with Crippen LogP contribution >= 0.6 is 0 Å². The monoisotopic (exact) mass is 291 g/mol. The van der Waals surface area contributed by atoms with E-state index in [1.165, 1.54) is 0 Å². The summed E-state index contributed by atoms with van der Waals surface area (Å²) in [6.07, 6.45) is 0. The topological polar surface area (TPSA) is 39.2 Å². The zero-order valence-electron chi connectivity index (χ0n) is 10.0. The summed E-state index contributed by atoms with van der Waals surface area (Å²) in [4.78, 5) is 16.0. The van der Waals surface area contributed by atoms with E-state index in [0.717, 1.165) is 16.2 Å². The molecule has 1 aromatic heterocycles. The van der Waals surface area contributed by atoms with Crippen molar-refractivity contribution >= 4 is 33.4 Å². The number of para-hydroxylation sites is 1. The van der Waals surface area contributed by atoms with Crippen molar-refractivity contribution in [3.8, 4) is 5.88 Å². The summed E-state index contributed by atoms with van der Waals surface area (Å²) in [5.74, 6) is 0.200. The number of carbonyl (C=O) groups is 1. The summed E-state index contributed by atoms with van der Waals surface area (Å²) >= 11 is 0.669. The Hall–Kier alpha value is -1.36. The molecule has 2 rings (SSSR count). The van der Waals surface area contributed by atoms with Gasteiger partial charge in [0.2, 0.25) is 0 Å². The maximum atomic E-state index is 11.6. The van der Waals surface area contributed by atoms with Crippen molar-refractivity contribution in [2.24, 2.45) is 5.92 Å². The third-order valence-electron chi connectivity index (χ3n) is 2.79. The van der Waals surface area contributed by atoms with Gasteiger partial charge in [0.25, 0.3) is 0 Å². The van der Waals surface area contributed by atoms with Gasteiger partial charge < -0.3 is 0 Å². The molecule has 88 valence electrons. The Kier molecular flexibility index (Phi) is 3.79. The van der Waals surface area contributed by atoms with Gasteiger partial charge in [0.1, 0.15) is 0 Å². The van der Waals surface area contributed by atoms with Crippen molar-refractivity contribution in [1.82, 2.24) is 4.98 Å². The average Bonchev–Trinajstić information content (AvgIpc) is 2.37. The normalized spacial score (nSPS) is 12.5. The molecular weight excluding hydrogens is 275 g/mol. The third-order valence-corrected chi connectivity index (χ3v) is 5.36. The molecule has 0 saturated carbocycles. The van der Waals surface area contributed by atoms with Crippen LogP contribution in [0.5, 0.6) is 5.88 Å².